The SMILES string of the molecule is O=CC(=O)C1=NCNc2nc[nH]c21. The summed E-state index contributed by atoms with van der Waals surface area (Å²) in [6, 6.07) is 0. The van der Waals surface area contributed by atoms with Gasteiger partial charge in [0.2, 0.25) is 5.78 Å². The summed E-state index contributed by atoms with van der Waals surface area (Å²) in [4.78, 5) is 31.8. The number of anilines is 1. The quantitative estimate of drug-likeness (QED) is 0.465. The number of hydrogen-bond acceptors (Lipinski definition) is 5. The van der Waals surface area contributed by atoms with E-state index in [0.717, 1.165) is 0 Å². The number of aliphatic imine (C=N–C) groups is 1. The predicted molar refractivity (Wildman–Crippen MR) is 44.7 cm³/mol. The van der Waals surface area contributed by atoms with Gasteiger partial charge in [0.05, 0.1) is 6.33 Å². The van der Waals surface area contributed by atoms with E-state index >= 15 is 0 Å². The maximum atomic E-state index is 11.1. The summed E-state index contributed by atoms with van der Waals surface area (Å²) in [6.45, 7) is 0.271. The number of carbonyl (C=O) groups excluding carboxylic acids is 2. The number of nitrogens with one attached hydrogen (secondary N) is 2. The maximum Gasteiger partial charge on any atom is 0.245 e. The number of imidazole rings is 1. The second-order valence-electron chi connectivity index (χ2n) is 2.45. The number of nitrogens with zero attached hydrogens (tertiary/aromatic N) is 2. The Hall–Kier alpha value is -1.98. The number of carbonyl (C=O) groups is 2. The molecule has 66 valence electrons. The molecule has 0 aromatic carbocycles. The average Bonchev–Trinajstić information content (AvgIpc) is 2.63. The largest absolute Gasteiger partial charge is 0.349 e. The van der Waals surface area contributed by atoms with Gasteiger partial charge >= 0.3 is 0 Å². The van der Waals surface area contributed by atoms with E-state index in [-0.39, 0.29) is 18.7 Å². The summed E-state index contributed by atoms with van der Waals surface area (Å²) < 4.78 is 0. The Kier molecular flexibility index (Phi) is 1.66. The van der Waals surface area contributed by atoms with Gasteiger partial charge in [-0.15, -0.1) is 0 Å². The van der Waals surface area contributed by atoms with Crippen molar-refractivity contribution in [3.05, 3.63) is 12.0 Å². The molecule has 2 rings (SSSR count). The van der Waals surface area contributed by atoms with Crippen molar-refractivity contribution in [2.24, 2.45) is 4.99 Å². The van der Waals surface area contributed by atoms with Gasteiger partial charge in [-0.3, -0.25) is 14.6 Å². The molecule has 0 aliphatic carbocycles. The number of fused-ring (bicyclic) bond motifs is 1. The number of aldehydes is 1. The summed E-state index contributed by atoms with van der Waals surface area (Å²) in [5.41, 5.74) is 0.615. The van der Waals surface area contributed by atoms with Gasteiger partial charge in [-0.2, -0.15) is 0 Å². The first-order chi connectivity index (χ1) is 6.33. The molecule has 0 saturated carbocycles. The average molecular weight is 178 g/mol. The lowest BCUT2D eigenvalue weighted by Crippen LogP contribution is -2.23. The van der Waals surface area contributed by atoms with Gasteiger partial charge in [-0.1, -0.05) is 0 Å². The van der Waals surface area contributed by atoms with Crippen LogP contribution < -0.4 is 5.32 Å². The second kappa shape index (κ2) is 2.81. The molecule has 1 aliphatic heterocycles. The third-order valence-corrected chi connectivity index (χ3v) is 1.70. The van der Waals surface area contributed by atoms with Crippen molar-refractivity contribution in [1.29, 1.82) is 0 Å². The van der Waals surface area contributed by atoms with Crippen molar-refractivity contribution in [1.82, 2.24) is 9.97 Å². The fourth-order valence-electron chi connectivity index (χ4n) is 1.14. The highest BCUT2D eigenvalue weighted by Gasteiger charge is 2.21. The first kappa shape index (κ1) is 7.66. The Morgan fingerprint density at radius 1 is 1.62 bits per heavy atom. The molecule has 6 nitrogen and oxygen atoms in total. The second-order valence-corrected chi connectivity index (χ2v) is 2.45. The molecule has 1 aromatic rings. The molecule has 0 bridgehead atoms. The number of H-pyrrole nitrogens is 1. The van der Waals surface area contributed by atoms with Gasteiger partial charge < -0.3 is 10.3 Å². The molecule has 0 atom stereocenters. The topological polar surface area (TPSA) is 87.2 Å². The van der Waals surface area contributed by atoms with Gasteiger partial charge in [-0.25, -0.2) is 4.98 Å². The fourth-order valence-corrected chi connectivity index (χ4v) is 1.14. The summed E-state index contributed by atoms with van der Waals surface area (Å²) in [6.07, 6.45) is 1.69. The molecule has 1 aromatic heterocycles. The van der Waals surface area contributed by atoms with Crippen LogP contribution in [0.2, 0.25) is 0 Å². The molecule has 0 saturated heterocycles. The number of rotatable bonds is 2. The normalized spacial score (nSPS) is 14.0. The number of aromatic nitrogens is 2. The minimum Gasteiger partial charge on any atom is -0.349 e. The summed E-state index contributed by atoms with van der Waals surface area (Å²) in [7, 11) is 0. The number of aromatic amines is 1. The molecule has 13 heavy (non-hydrogen) atoms. The maximum absolute atomic E-state index is 11.1. The third kappa shape index (κ3) is 1.12. The zero-order valence-corrected chi connectivity index (χ0v) is 6.57. The van der Waals surface area contributed by atoms with Gasteiger partial charge in [0, 0.05) is 0 Å². The summed E-state index contributed by atoms with van der Waals surface area (Å²) >= 11 is 0. The van der Waals surface area contributed by atoms with Crippen molar-refractivity contribution in [3.63, 3.8) is 0 Å². The smallest absolute Gasteiger partial charge is 0.245 e. The number of ketones is 1. The van der Waals surface area contributed by atoms with Crippen LogP contribution in [0.15, 0.2) is 11.3 Å². The first-order valence-corrected chi connectivity index (χ1v) is 3.64. The van der Waals surface area contributed by atoms with Crippen molar-refractivity contribution in [2.75, 3.05) is 12.0 Å². The number of Topliss-reactive ketones (excluding diaryl/α,β-unsaturated/α-hetero) is 1. The molecular weight excluding hydrogens is 172 g/mol. The zero-order chi connectivity index (χ0) is 9.26. The minimum atomic E-state index is -0.632. The molecule has 1 aliphatic rings. The van der Waals surface area contributed by atoms with Crippen LogP contribution in [0.25, 0.3) is 0 Å². The Morgan fingerprint density at radius 2 is 2.46 bits per heavy atom. The zero-order valence-electron chi connectivity index (χ0n) is 6.57. The van der Waals surface area contributed by atoms with Crippen LogP contribution in [0.3, 0.4) is 0 Å². The molecule has 6 heteroatoms. The van der Waals surface area contributed by atoms with E-state index in [1.165, 1.54) is 6.33 Å². The van der Waals surface area contributed by atoms with E-state index < -0.39 is 5.78 Å². The standard InChI is InChI=1S/C7H6N4O2/c12-1-4(13)5-6-7(10-2-8-5)11-3-9-6/h1,3,10H,2H2,(H,9,11). The summed E-state index contributed by atoms with van der Waals surface area (Å²) in [5, 5.41) is 2.85. The van der Waals surface area contributed by atoms with Crippen LogP contribution in [-0.4, -0.2) is 34.4 Å². The predicted octanol–water partition coefficient (Wildman–Crippen LogP) is -0.650. The van der Waals surface area contributed by atoms with Crippen LogP contribution in [0.4, 0.5) is 5.82 Å². The van der Waals surface area contributed by atoms with Crippen molar-refractivity contribution in [2.45, 2.75) is 0 Å². The van der Waals surface area contributed by atoms with E-state index in [1.54, 1.807) is 0 Å². The number of hydrogen-bond donors (Lipinski definition) is 2. The van der Waals surface area contributed by atoms with Crippen LogP contribution in [0, 0.1) is 0 Å². The van der Waals surface area contributed by atoms with E-state index in [2.05, 4.69) is 20.3 Å². The molecule has 0 unspecified atom stereocenters. The molecule has 0 amide bonds. The van der Waals surface area contributed by atoms with Crippen LogP contribution >= 0.6 is 0 Å². The highest BCUT2D eigenvalue weighted by atomic mass is 16.2. The molecule has 0 radical (unpaired) electrons. The van der Waals surface area contributed by atoms with E-state index in [0.29, 0.717) is 11.5 Å². The van der Waals surface area contributed by atoms with Gasteiger partial charge in [0.15, 0.2) is 12.1 Å². The minimum absolute atomic E-state index is 0.140. The molecule has 0 spiro atoms. The molecule has 2 heterocycles. The van der Waals surface area contributed by atoms with Crippen LogP contribution in [0.5, 0.6) is 0 Å². The highest BCUT2D eigenvalue weighted by Crippen LogP contribution is 2.14. The highest BCUT2D eigenvalue weighted by molar-refractivity contribution is 6.63. The van der Waals surface area contributed by atoms with E-state index in [1.807, 2.05) is 0 Å². The van der Waals surface area contributed by atoms with Crippen molar-refractivity contribution < 1.29 is 9.59 Å². The Bertz CT molecular complexity index is 393. The lowest BCUT2D eigenvalue weighted by atomic mass is 10.2. The lowest BCUT2D eigenvalue weighted by Gasteiger charge is -2.09. The Labute approximate surface area is 73.1 Å². The summed E-state index contributed by atoms with van der Waals surface area (Å²) in [5.74, 6) is -0.0767. The third-order valence-electron chi connectivity index (χ3n) is 1.70. The molecular formula is C7H6N4O2. The Balaban J connectivity index is 2.46. The monoisotopic (exact) mass is 178 g/mol. The Morgan fingerprint density at radius 3 is 3.23 bits per heavy atom. The van der Waals surface area contributed by atoms with Gasteiger partial charge in [0.1, 0.15) is 18.1 Å². The van der Waals surface area contributed by atoms with Crippen molar-refractivity contribution >= 4 is 23.6 Å². The molecule has 2 N–H and O–H groups in total. The fraction of sp³-hybridized carbons (Fsp3) is 0.143. The van der Waals surface area contributed by atoms with Crippen LogP contribution in [-0.2, 0) is 9.59 Å². The van der Waals surface area contributed by atoms with Gasteiger partial charge in [-0.05, 0) is 0 Å². The first-order valence-electron chi connectivity index (χ1n) is 3.64. The van der Waals surface area contributed by atoms with Crippen LogP contribution in [0.1, 0.15) is 5.69 Å². The van der Waals surface area contributed by atoms with Crippen molar-refractivity contribution in [3.8, 4) is 0 Å². The van der Waals surface area contributed by atoms with E-state index in [4.69, 9.17) is 0 Å². The van der Waals surface area contributed by atoms with E-state index in [9.17, 15) is 9.59 Å². The lowest BCUT2D eigenvalue weighted by molar-refractivity contribution is -0.125. The molecule has 0 fully saturated rings. The van der Waals surface area contributed by atoms with Gasteiger partial charge in [0.25, 0.3) is 0 Å².